The maximum Gasteiger partial charge on any atom is 0.318 e. The van der Waals surface area contributed by atoms with Crippen molar-refractivity contribution in [3.63, 3.8) is 0 Å². The fourth-order valence-electron chi connectivity index (χ4n) is 1.63. The van der Waals surface area contributed by atoms with Gasteiger partial charge in [-0.1, -0.05) is 12.1 Å². The molecule has 0 aliphatic rings. The molecule has 0 saturated heterocycles. The monoisotopic (exact) mass is 272 g/mol. The average Bonchev–Trinajstić information content (AvgIpc) is 2.25. The van der Waals surface area contributed by atoms with Gasteiger partial charge in [-0.3, -0.25) is 4.79 Å². The Kier molecular flexibility index (Phi) is 4.72. The Bertz CT molecular complexity index is 533. The molecule has 0 heterocycles. The summed E-state index contributed by atoms with van der Waals surface area (Å²) in [6, 6.07) is 5.39. The number of hydrogen-bond acceptors (Lipinski definition) is 4. The van der Waals surface area contributed by atoms with Crippen LogP contribution in [0, 0.1) is 6.92 Å². The average molecular weight is 272 g/mol. The molecule has 1 aromatic rings. The molecule has 1 aromatic carbocycles. The number of carbonyl (C=O) groups is 1. The highest BCUT2D eigenvalue weighted by molar-refractivity contribution is 7.92. The first-order valence-electron chi connectivity index (χ1n) is 5.40. The SMILES string of the molecule is COc1ccc(CCS(=O)(=O)CC(=O)O)cc1C. The number of aliphatic carboxylic acids is 1. The largest absolute Gasteiger partial charge is 0.496 e. The van der Waals surface area contributed by atoms with Gasteiger partial charge in [0, 0.05) is 0 Å². The van der Waals surface area contributed by atoms with E-state index < -0.39 is 21.6 Å². The zero-order chi connectivity index (χ0) is 13.8. The lowest BCUT2D eigenvalue weighted by Gasteiger charge is -2.07. The molecular weight excluding hydrogens is 256 g/mol. The molecule has 0 fully saturated rings. The third-order valence-electron chi connectivity index (χ3n) is 2.50. The molecule has 18 heavy (non-hydrogen) atoms. The number of hydrogen-bond donors (Lipinski definition) is 1. The van der Waals surface area contributed by atoms with Crippen LogP contribution in [0.4, 0.5) is 0 Å². The van der Waals surface area contributed by atoms with Gasteiger partial charge in [0.25, 0.3) is 0 Å². The summed E-state index contributed by atoms with van der Waals surface area (Å²) < 4.78 is 27.9. The molecule has 6 heteroatoms. The van der Waals surface area contributed by atoms with Crippen LogP contribution in [0.5, 0.6) is 5.75 Å². The number of rotatable bonds is 6. The second-order valence-electron chi connectivity index (χ2n) is 4.04. The van der Waals surface area contributed by atoms with Gasteiger partial charge in [-0.2, -0.15) is 0 Å². The molecular formula is C12H16O5S. The number of carboxylic acids is 1. The summed E-state index contributed by atoms with van der Waals surface area (Å²) in [4.78, 5) is 10.4. The molecule has 0 saturated carbocycles. The fraction of sp³-hybridized carbons (Fsp3) is 0.417. The highest BCUT2D eigenvalue weighted by Gasteiger charge is 2.15. The van der Waals surface area contributed by atoms with E-state index >= 15 is 0 Å². The van der Waals surface area contributed by atoms with Gasteiger partial charge >= 0.3 is 5.97 Å². The molecule has 100 valence electrons. The molecule has 0 aliphatic carbocycles. The Morgan fingerprint density at radius 2 is 2.06 bits per heavy atom. The van der Waals surface area contributed by atoms with Crippen LogP contribution in [-0.2, 0) is 21.1 Å². The van der Waals surface area contributed by atoms with E-state index in [0.29, 0.717) is 6.42 Å². The Morgan fingerprint density at radius 1 is 1.39 bits per heavy atom. The van der Waals surface area contributed by atoms with Crippen molar-refractivity contribution in [3.05, 3.63) is 29.3 Å². The lowest BCUT2D eigenvalue weighted by molar-refractivity contribution is -0.134. The van der Waals surface area contributed by atoms with Crippen molar-refractivity contribution in [2.24, 2.45) is 0 Å². The van der Waals surface area contributed by atoms with Gasteiger partial charge in [0.1, 0.15) is 11.5 Å². The molecule has 0 spiro atoms. The Labute approximate surface area is 106 Å². The smallest absolute Gasteiger partial charge is 0.318 e. The number of sulfone groups is 1. The lowest BCUT2D eigenvalue weighted by Crippen LogP contribution is -2.19. The van der Waals surface area contributed by atoms with Crippen molar-refractivity contribution in [1.82, 2.24) is 0 Å². The van der Waals surface area contributed by atoms with Crippen LogP contribution in [-0.4, -0.2) is 38.1 Å². The first-order chi connectivity index (χ1) is 8.34. The number of methoxy groups -OCH3 is 1. The maximum absolute atomic E-state index is 11.4. The predicted octanol–water partition coefficient (Wildman–Crippen LogP) is 1.05. The topological polar surface area (TPSA) is 80.7 Å². The van der Waals surface area contributed by atoms with Crippen molar-refractivity contribution >= 4 is 15.8 Å². The standard InChI is InChI=1S/C12H16O5S/c1-9-7-10(3-4-11(9)17-2)5-6-18(15,16)8-12(13)14/h3-4,7H,5-6,8H2,1-2H3,(H,13,14). The molecule has 0 unspecified atom stereocenters. The first-order valence-corrected chi connectivity index (χ1v) is 7.22. The quantitative estimate of drug-likeness (QED) is 0.837. The summed E-state index contributed by atoms with van der Waals surface area (Å²) >= 11 is 0. The van der Waals surface area contributed by atoms with E-state index in [1.165, 1.54) is 0 Å². The summed E-state index contributed by atoms with van der Waals surface area (Å²) in [7, 11) is -1.97. The van der Waals surface area contributed by atoms with Crippen LogP contribution in [0.1, 0.15) is 11.1 Å². The maximum atomic E-state index is 11.4. The minimum Gasteiger partial charge on any atom is -0.496 e. The zero-order valence-corrected chi connectivity index (χ0v) is 11.2. The Hall–Kier alpha value is -1.56. The molecule has 0 atom stereocenters. The highest BCUT2D eigenvalue weighted by Crippen LogP contribution is 2.18. The molecule has 0 amide bonds. The number of aryl methyl sites for hydroxylation is 2. The third kappa shape index (κ3) is 4.37. The van der Waals surface area contributed by atoms with Crippen LogP contribution < -0.4 is 4.74 Å². The minimum atomic E-state index is -3.54. The molecule has 0 radical (unpaired) electrons. The fourth-order valence-corrected chi connectivity index (χ4v) is 2.70. The Morgan fingerprint density at radius 3 is 2.56 bits per heavy atom. The van der Waals surface area contributed by atoms with Crippen LogP contribution in [0.3, 0.4) is 0 Å². The second kappa shape index (κ2) is 5.86. The van der Waals surface area contributed by atoms with Gasteiger partial charge < -0.3 is 9.84 Å². The molecule has 0 bridgehead atoms. The summed E-state index contributed by atoms with van der Waals surface area (Å²) in [6.07, 6.45) is 0.306. The zero-order valence-electron chi connectivity index (χ0n) is 10.3. The third-order valence-corrected chi connectivity index (χ3v) is 4.02. The van der Waals surface area contributed by atoms with E-state index in [1.54, 1.807) is 19.2 Å². The normalized spacial score (nSPS) is 11.2. The second-order valence-corrected chi connectivity index (χ2v) is 6.22. The van der Waals surface area contributed by atoms with Gasteiger partial charge in [0.05, 0.1) is 12.9 Å². The Balaban J connectivity index is 2.69. The van der Waals surface area contributed by atoms with Gasteiger partial charge in [-0.25, -0.2) is 8.42 Å². The van der Waals surface area contributed by atoms with Gasteiger partial charge in [0.15, 0.2) is 9.84 Å². The van der Waals surface area contributed by atoms with E-state index in [2.05, 4.69) is 0 Å². The molecule has 0 aliphatic heterocycles. The van der Waals surface area contributed by atoms with E-state index in [9.17, 15) is 13.2 Å². The van der Waals surface area contributed by atoms with Crippen LogP contribution >= 0.6 is 0 Å². The molecule has 1 rings (SSSR count). The van der Waals surface area contributed by atoms with Crippen LogP contribution in [0.2, 0.25) is 0 Å². The number of benzene rings is 1. The van der Waals surface area contributed by atoms with Crippen molar-refractivity contribution in [2.75, 3.05) is 18.6 Å². The van der Waals surface area contributed by atoms with Crippen LogP contribution in [0.15, 0.2) is 18.2 Å². The minimum absolute atomic E-state index is 0.162. The summed E-state index contributed by atoms with van der Waals surface area (Å²) in [5, 5.41) is 8.46. The van der Waals surface area contributed by atoms with Gasteiger partial charge in [-0.05, 0) is 30.5 Å². The van der Waals surface area contributed by atoms with Crippen molar-refractivity contribution in [2.45, 2.75) is 13.3 Å². The van der Waals surface area contributed by atoms with E-state index in [1.807, 2.05) is 13.0 Å². The predicted molar refractivity (Wildman–Crippen MR) is 67.7 cm³/mol. The summed E-state index contributed by atoms with van der Waals surface area (Å²) in [5.74, 6) is -1.55. The number of carboxylic acid groups (broad SMARTS) is 1. The van der Waals surface area contributed by atoms with E-state index in [-0.39, 0.29) is 5.75 Å². The van der Waals surface area contributed by atoms with Crippen molar-refractivity contribution < 1.29 is 23.1 Å². The molecule has 0 aromatic heterocycles. The van der Waals surface area contributed by atoms with E-state index in [0.717, 1.165) is 16.9 Å². The van der Waals surface area contributed by atoms with E-state index in [4.69, 9.17) is 9.84 Å². The van der Waals surface area contributed by atoms with Gasteiger partial charge in [0.2, 0.25) is 0 Å². The van der Waals surface area contributed by atoms with Gasteiger partial charge in [-0.15, -0.1) is 0 Å². The highest BCUT2D eigenvalue weighted by atomic mass is 32.2. The molecule has 5 nitrogen and oxygen atoms in total. The van der Waals surface area contributed by atoms with Crippen LogP contribution in [0.25, 0.3) is 0 Å². The summed E-state index contributed by atoms with van der Waals surface area (Å²) in [5.41, 5.74) is 1.77. The van der Waals surface area contributed by atoms with Crippen molar-refractivity contribution in [3.8, 4) is 5.75 Å². The summed E-state index contributed by atoms with van der Waals surface area (Å²) in [6.45, 7) is 1.87. The van der Waals surface area contributed by atoms with Crippen molar-refractivity contribution in [1.29, 1.82) is 0 Å². The first kappa shape index (κ1) is 14.5. The molecule has 1 N–H and O–H groups in total. The lowest BCUT2D eigenvalue weighted by atomic mass is 10.1. The number of ether oxygens (including phenoxy) is 1.